The number of nitrogens with zero attached hydrogens (tertiary/aromatic N) is 3. The zero-order valence-electron chi connectivity index (χ0n) is 15.1. The Bertz CT molecular complexity index is 742. The van der Waals surface area contributed by atoms with E-state index in [9.17, 15) is 0 Å². The van der Waals surface area contributed by atoms with Gasteiger partial charge >= 0.3 is 0 Å². The first-order valence-corrected chi connectivity index (χ1v) is 9.23. The van der Waals surface area contributed by atoms with Crippen molar-refractivity contribution in [1.82, 2.24) is 14.5 Å². The number of imidazole rings is 1. The molecule has 0 amide bonds. The molecule has 4 rings (SSSR count). The number of ether oxygens (including phenoxy) is 1. The topological polar surface area (TPSA) is 50.5 Å². The minimum absolute atomic E-state index is 0.168. The number of hydrogen-bond donors (Lipinski definition) is 1. The number of fused-ring (bicyclic) bond motifs is 1. The molecular formula is C20H27N3O2. The molecule has 1 aromatic carbocycles. The van der Waals surface area contributed by atoms with Gasteiger partial charge in [0.1, 0.15) is 5.82 Å². The summed E-state index contributed by atoms with van der Waals surface area (Å²) >= 11 is 0. The van der Waals surface area contributed by atoms with Crippen LogP contribution in [0.3, 0.4) is 0 Å². The highest BCUT2D eigenvalue weighted by Crippen LogP contribution is 2.34. The zero-order valence-corrected chi connectivity index (χ0v) is 15.1. The third-order valence-electron chi connectivity index (χ3n) is 5.83. The van der Waals surface area contributed by atoms with Gasteiger partial charge in [0.25, 0.3) is 0 Å². The Morgan fingerprint density at radius 1 is 1.24 bits per heavy atom. The molecule has 2 fully saturated rings. The van der Waals surface area contributed by atoms with Crippen molar-refractivity contribution in [3.8, 4) is 11.4 Å². The Labute approximate surface area is 149 Å². The SMILES string of the molecule is Cc1cccc(-c2nccn2[C@H]2C[C@H]3CO[C@@H](CCO)CN3C2)c1C. The van der Waals surface area contributed by atoms with Gasteiger partial charge in [0.15, 0.2) is 0 Å². The fourth-order valence-electron chi connectivity index (χ4n) is 4.25. The minimum atomic E-state index is 0.168. The molecule has 0 spiro atoms. The number of hydrogen-bond acceptors (Lipinski definition) is 4. The van der Waals surface area contributed by atoms with E-state index >= 15 is 0 Å². The Kier molecular flexibility index (Phi) is 4.63. The lowest BCUT2D eigenvalue weighted by atomic mass is 10.0. The maximum absolute atomic E-state index is 9.16. The molecule has 0 aliphatic carbocycles. The normalized spacial score (nSPS) is 26.8. The van der Waals surface area contributed by atoms with E-state index in [-0.39, 0.29) is 12.7 Å². The first kappa shape index (κ1) is 16.8. The number of rotatable bonds is 4. The van der Waals surface area contributed by atoms with Crippen molar-refractivity contribution in [3.05, 3.63) is 41.7 Å². The molecular weight excluding hydrogens is 314 g/mol. The van der Waals surface area contributed by atoms with Gasteiger partial charge < -0.3 is 14.4 Å². The second-order valence-electron chi connectivity index (χ2n) is 7.37. The van der Waals surface area contributed by atoms with Crippen LogP contribution in [0.1, 0.15) is 30.0 Å². The van der Waals surface area contributed by atoms with Gasteiger partial charge in [-0.25, -0.2) is 4.98 Å². The van der Waals surface area contributed by atoms with Crippen molar-refractivity contribution in [3.63, 3.8) is 0 Å². The monoisotopic (exact) mass is 341 g/mol. The summed E-state index contributed by atoms with van der Waals surface area (Å²) in [5.74, 6) is 1.07. The summed E-state index contributed by atoms with van der Waals surface area (Å²) in [5, 5.41) is 9.16. The minimum Gasteiger partial charge on any atom is -0.396 e. The van der Waals surface area contributed by atoms with E-state index in [1.54, 1.807) is 0 Å². The first-order chi connectivity index (χ1) is 12.2. The third-order valence-corrected chi connectivity index (χ3v) is 5.83. The molecule has 25 heavy (non-hydrogen) atoms. The molecule has 3 atom stereocenters. The summed E-state index contributed by atoms with van der Waals surface area (Å²) in [4.78, 5) is 7.20. The summed E-state index contributed by atoms with van der Waals surface area (Å²) < 4.78 is 8.27. The van der Waals surface area contributed by atoms with Crippen LogP contribution in [-0.2, 0) is 4.74 Å². The van der Waals surface area contributed by atoms with E-state index in [2.05, 4.69) is 52.7 Å². The van der Waals surface area contributed by atoms with Gasteiger partial charge in [0.05, 0.1) is 12.7 Å². The summed E-state index contributed by atoms with van der Waals surface area (Å²) in [5.41, 5.74) is 3.83. The second kappa shape index (κ2) is 6.90. The fraction of sp³-hybridized carbons (Fsp3) is 0.550. The highest BCUT2D eigenvalue weighted by atomic mass is 16.5. The molecule has 3 heterocycles. The average Bonchev–Trinajstić information content (AvgIpc) is 3.23. The highest BCUT2D eigenvalue weighted by Gasteiger charge is 2.38. The highest BCUT2D eigenvalue weighted by molar-refractivity contribution is 5.62. The number of aliphatic hydroxyl groups is 1. The van der Waals surface area contributed by atoms with Crippen molar-refractivity contribution < 1.29 is 9.84 Å². The fourth-order valence-corrected chi connectivity index (χ4v) is 4.25. The Balaban J connectivity index is 1.57. The lowest BCUT2D eigenvalue weighted by Crippen LogP contribution is -2.46. The summed E-state index contributed by atoms with van der Waals surface area (Å²) in [6.07, 6.45) is 6.03. The van der Waals surface area contributed by atoms with Gasteiger partial charge in [-0.2, -0.15) is 0 Å². The lowest BCUT2D eigenvalue weighted by molar-refractivity contribution is -0.0567. The van der Waals surface area contributed by atoms with Crippen LogP contribution >= 0.6 is 0 Å². The molecule has 2 saturated heterocycles. The largest absolute Gasteiger partial charge is 0.396 e. The first-order valence-electron chi connectivity index (χ1n) is 9.23. The standard InChI is InChI=1S/C20H27N3O2/c1-14-4-3-5-19(15(14)2)20-21-7-8-23(20)16-10-17-13-25-18(6-9-24)12-22(17)11-16/h3-5,7-8,16-18,24H,6,9-13H2,1-2H3/t16-,17-,18-/m0/s1. The molecule has 2 aliphatic rings. The maximum Gasteiger partial charge on any atom is 0.140 e. The van der Waals surface area contributed by atoms with Crippen LogP contribution in [-0.4, -0.2) is 58.0 Å². The molecule has 2 aromatic rings. The number of aromatic nitrogens is 2. The molecule has 1 aromatic heterocycles. The quantitative estimate of drug-likeness (QED) is 0.929. The van der Waals surface area contributed by atoms with Crippen LogP contribution in [0.25, 0.3) is 11.4 Å². The van der Waals surface area contributed by atoms with E-state index in [4.69, 9.17) is 9.84 Å². The Morgan fingerprint density at radius 3 is 2.96 bits per heavy atom. The summed E-state index contributed by atoms with van der Waals surface area (Å²) in [7, 11) is 0. The summed E-state index contributed by atoms with van der Waals surface area (Å²) in [6.45, 7) is 7.26. The Hall–Kier alpha value is -1.69. The average molecular weight is 341 g/mol. The van der Waals surface area contributed by atoms with Gasteiger partial charge in [-0.3, -0.25) is 4.90 Å². The molecule has 134 valence electrons. The van der Waals surface area contributed by atoms with Crippen LogP contribution < -0.4 is 0 Å². The number of morpholine rings is 1. The van der Waals surface area contributed by atoms with E-state index < -0.39 is 0 Å². The number of aliphatic hydroxyl groups excluding tert-OH is 1. The molecule has 5 nitrogen and oxygen atoms in total. The van der Waals surface area contributed by atoms with Crippen molar-refractivity contribution in [2.45, 2.75) is 44.9 Å². The van der Waals surface area contributed by atoms with E-state index in [0.29, 0.717) is 12.1 Å². The van der Waals surface area contributed by atoms with Gasteiger partial charge in [-0.15, -0.1) is 0 Å². The van der Waals surface area contributed by atoms with Crippen LogP contribution in [0, 0.1) is 13.8 Å². The predicted molar refractivity (Wildman–Crippen MR) is 97.6 cm³/mol. The van der Waals surface area contributed by atoms with E-state index in [1.807, 2.05) is 6.20 Å². The number of aryl methyl sites for hydroxylation is 1. The molecule has 0 radical (unpaired) electrons. The van der Waals surface area contributed by atoms with Crippen LogP contribution in [0.15, 0.2) is 30.6 Å². The van der Waals surface area contributed by atoms with Crippen molar-refractivity contribution in [2.24, 2.45) is 0 Å². The Morgan fingerprint density at radius 2 is 2.12 bits per heavy atom. The molecule has 2 aliphatic heterocycles. The van der Waals surface area contributed by atoms with E-state index in [1.165, 1.54) is 16.7 Å². The lowest BCUT2D eigenvalue weighted by Gasteiger charge is -2.34. The van der Waals surface area contributed by atoms with Gasteiger partial charge in [0, 0.05) is 49.7 Å². The molecule has 0 saturated carbocycles. The van der Waals surface area contributed by atoms with Gasteiger partial charge in [-0.1, -0.05) is 18.2 Å². The van der Waals surface area contributed by atoms with Gasteiger partial charge in [-0.05, 0) is 37.8 Å². The van der Waals surface area contributed by atoms with Crippen LogP contribution in [0.2, 0.25) is 0 Å². The van der Waals surface area contributed by atoms with Crippen LogP contribution in [0.4, 0.5) is 0 Å². The summed E-state index contributed by atoms with van der Waals surface area (Å²) in [6, 6.07) is 7.35. The van der Waals surface area contributed by atoms with Gasteiger partial charge in [0.2, 0.25) is 0 Å². The van der Waals surface area contributed by atoms with Crippen molar-refractivity contribution >= 4 is 0 Å². The zero-order chi connectivity index (χ0) is 17.4. The van der Waals surface area contributed by atoms with E-state index in [0.717, 1.165) is 38.4 Å². The second-order valence-corrected chi connectivity index (χ2v) is 7.37. The smallest absolute Gasteiger partial charge is 0.140 e. The van der Waals surface area contributed by atoms with Crippen LogP contribution in [0.5, 0.6) is 0 Å². The molecule has 1 N–H and O–H groups in total. The molecule has 0 unspecified atom stereocenters. The number of benzene rings is 1. The molecule has 0 bridgehead atoms. The molecule has 5 heteroatoms. The van der Waals surface area contributed by atoms with Crippen molar-refractivity contribution in [1.29, 1.82) is 0 Å². The van der Waals surface area contributed by atoms with Crippen molar-refractivity contribution in [2.75, 3.05) is 26.3 Å². The maximum atomic E-state index is 9.16. The predicted octanol–water partition coefficient (Wildman–Crippen LogP) is 2.56. The third kappa shape index (κ3) is 3.12.